The minimum atomic E-state index is -0.252. The molecule has 0 amide bonds. The molecule has 0 radical (unpaired) electrons. The fraction of sp³-hybridized carbons (Fsp3) is 0.261. The minimum absolute atomic E-state index is 0.0167. The topological polar surface area (TPSA) is 70.8 Å². The van der Waals surface area contributed by atoms with Crippen LogP contribution in [0.4, 0.5) is 4.39 Å². The standard InChI is InChI=1S/C23H23ClFN5O/c1-15(22-28-29-23(31-22)17-5-3-6-18(24)13-17)30(2)12-4-7-20-14-21(27-26-20)16-8-10-19(25)11-9-16/h3,5-6,8-11,13-15H,4,7,12H2,1-2H3,(H,26,27). The second-order valence-electron chi connectivity index (χ2n) is 7.50. The molecule has 2 aromatic carbocycles. The molecular weight excluding hydrogens is 417 g/mol. The Morgan fingerprint density at radius 2 is 1.90 bits per heavy atom. The molecule has 1 atom stereocenters. The number of rotatable bonds is 8. The van der Waals surface area contributed by atoms with Crippen molar-refractivity contribution >= 4 is 11.6 Å². The average Bonchev–Trinajstić information content (AvgIpc) is 3.44. The molecule has 0 saturated carbocycles. The first-order chi connectivity index (χ1) is 15.0. The smallest absolute Gasteiger partial charge is 0.247 e. The largest absolute Gasteiger partial charge is 0.419 e. The van der Waals surface area contributed by atoms with Crippen LogP contribution >= 0.6 is 11.6 Å². The van der Waals surface area contributed by atoms with E-state index in [-0.39, 0.29) is 11.9 Å². The Hall–Kier alpha value is -3.03. The van der Waals surface area contributed by atoms with Gasteiger partial charge in [0.25, 0.3) is 0 Å². The number of halogens is 2. The van der Waals surface area contributed by atoms with E-state index in [9.17, 15) is 4.39 Å². The number of H-pyrrole nitrogens is 1. The van der Waals surface area contributed by atoms with Gasteiger partial charge in [0.05, 0.1) is 11.7 Å². The van der Waals surface area contributed by atoms with E-state index in [1.54, 1.807) is 24.3 Å². The SMILES string of the molecule is CC(c1nnc(-c2cccc(Cl)c2)o1)N(C)CCCc1cc(-c2ccc(F)cc2)n[nH]1. The summed E-state index contributed by atoms with van der Waals surface area (Å²) in [4.78, 5) is 2.17. The van der Waals surface area contributed by atoms with Crippen molar-refractivity contribution in [3.8, 4) is 22.7 Å². The van der Waals surface area contributed by atoms with E-state index in [0.717, 1.165) is 41.9 Å². The monoisotopic (exact) mass is 439 g/mol. The quantitative estimate of drug-likeness (QED) is 0.390. The predicted molar refractivity (Wildman–Crippen MR) is 118 cm³/mol. The molecule has 0 saturated heterocycles. The lowest BCUT2D eigenvalue weighted by Crippen LogP contribution is -2.24. The van der Waals surface area contributed by atoms with Crippen LogP contribution in [0.3, 0.4) is 0 Å². The van der Waals surface area contributed by atoms with E-state index in [4.69, 9.17) is 16.0 Å². The summed E-state index contributed by atoms with van der Waals surface area (Å²) in [6.45, 7) is 2.89. The summed E-state index contributed by atoms with van der Waals surface area (Å²) in [6, 6.07) is 15.7. The van der Waals surface area contributed by atoms with Crippen molar-refractivity contribution < 1.29 is 8.81 Å². The van der Waals surface area contributed by atoms with Gasteiger partial charge in [-0.3, -0.25) is 10.00 Å². The molecule has 4 rings (SSSR count). The number of hydrogen-bond acceptors (Lipinski definition) is 5. The van der Waals surface area contributed by atoms with E-state index in [1.807, 2.05) is 32.2 Å². The Morgan fingerprint density at radius 3 is 2.68 bits per heavy atom. The van der Waals surface area contributed by atoms with Crippen molar-refractivity contribution in [2.75, 3.05) is 13.6 Å². The average molecular weight is 440 g/mol. The van der Waals surface area contributed by atoms with Crippen molar-refractivity contribution in [1.82, 2.24) is 25.3 Å². The summed E-state index contributed by atoms with van der Waals surface area (Å²) in [5, 5.41) is 16.4. The molecule has 0 aliphatic heterocycles. The third kappa shape index (κ3) is 5.18. The molecule has 0 aliphatic rings. The summed E-state index contributed by atoms with van der Waals surface area (Å²) in [7, 11) is 2.03. The van der Waals surface area contributed by atoms with Crippen LogP contribution in [0.25, 0.3) is 22.7 Å². The van der Waals surface area contributed by atoms with Gasteiger partial charge in [-0.05, 0) is 81.9 Å². The molecule has 1 unspecified atom stereocenters. The number of nitrogens with zero attached hydrogens (tertiary/aromatic N) is 4. The van der Waals surface area contributed by atoms with E-state index in [2.05, 4.69) is 25.3 Å². The van der Waals surface area contributed by atoms with Crippen LogP contribution in [0.5, 0.6) is 0 Å². The highest BCUT2D eigenvalue weighted by Crippen LogP contribution is 2.25. The highest BCUT2D eigenvalue weighted by atomic mass is 35.5. The molecule has 0 fully saturated rings. The molecule has 4 aromatic rings. The number of benzene rings is 2. The first-order valence-corrected chi connectivity index (χ1v) is 10.5. The summed E-state index contributed by atoms with van der Waals surface area (Å²) in [5.74, 6) is 0.777. The van der Waals surface area contributed by atoms with Crippen LogP contribution in [-0.4, -0.2) is 38.9 Å². The predicted octanol–water partition coefficient (Wildman–Crippen LogP) is 5.54. The maximum Gasteiger partial charge on any atom is 0.247 e. The highest BCUT2D eigenvalue weighted by Gasteiger charge is 2.19. The lowest BCUT2D eigenvalue weighted by atomic mass is 10.1. The number of aromatic nitrogens is 4. The zero-order valence-electron chi connectivity index (χ0n) is 17.3. The molecule has 0 aliphatic carbocycles. The molecule has 6 nitrogen and oxygen atoms in total. The molecule has 160 valence electrons. The fourth-order valence-corrected chi connectivity index (χ4v) is 3.49. The first-order valence-electron chi connectivity index (χ1n) is 10.1. The van der Waals surface area contributed by atoms with Crippen LogP contribution in [-0.2, 0) is 6.42 Å². The highest BCUT2D eigenvalue weighted by molar-refractivity contribution is 6.30. The van der Waals surface area contributed by atoms with Gasteiger partial charge in [0, 0.05) is 21.8 Å². The van der Waals surface area contributed by atoms with Crippen LogP contribution < -0.4 is 0 Å². The van der Waals surface area contributed by atoms with Gasteiger partial charge < -0.3 is 4.42 Å². The Labute approximate surface area is 185 Å². The van der Waals surface area contributed by atoms with Gasteiger partial charge in [-0.25, -0.2) is 4.39 Å². The molecule has 2 aromatic heterocycles. The van der Waals surface area contributed by atoms with Crippen LogP contribution in [0.2, 0.25) is 5.02 Å². The van der Waals surface area contributed by atoms with Crippen molar-refractivity contribution in [2.45, 2.75) is 25.8 Å². The minimum Gasteiger partial charge on any atom is -0.419 e. The zero-order chi connectivity index (χ0) is 21.8. The number of aromatic amines is 1. The molecule has 0 spiro atoms. The first kappa shape index (κ1) is 21.2. The maximum atomic E-state index is 13.1. The Balaban J connectivity index is 1.31. The van der Waals surface area contributed by atoms with Crippen molar-refractivity contribution in [3.63, 3.8) is 0 Å². The summed E-state index contributed by atoms with van der Waals surface area (Å²) >= 11 is 6.04. The second-order valence-corrected chi connectivity index (χ2v) is 7.94. The lowest BCUT2D eigenvalue weighted by Gasteiger charge is -2.21. The number of aryl methyl sites for hydroxylation is 1. The van der Waals surface area contributed by atoms with E-state index < -0.39 is 0 Å². The van der Waals surface area contributed by atoms with E-state index >= 15 is 0 Å². The van der Waals surface area contributed by atoms with Crippen LogP contribution in [0.1, 0.15) is 31.0 Å². The molecule has 2 heterocycles. The van der Waals surface area contributed by atoms with E-state index in [0.29, 0.717) is 16.8 Å². The Bertz CT molecular complexity index is 1140. The second kappa shape index (κ2) is 9.41. The summed E-state index contributed by atoms with van der Waals surface area (Å²) in [5.41, 5.74) is 3.55. The van der Waals surface area contributed by atoms with Gasteiger partial charge in [-0.15, -0.1) is 10.2 Å². The molecule has 0 bridgehead atoms. The maximum absolute atomic E-state index is 13.1. The van der Waals surface area contributed by atoms with Gasteiger partial charge in [-0.1, -0.05) is 17.7 Å². The number of nitrogens with one attached hydrogen (secondary N) is 1. The molecule has 31 heavy (non-hydrogen) atoms. The lowest BCUT2D eigenvalue weighted by molar-refractivity contribution is 0.223. The molecular formula is C23H23ClFN5O. The summed E-state index contributed by atoms with van der Waals surface area (Å²) in [6.07, 6.45) is 1.78. The van der Waals surface area contributed by atoms with Crippen molar-refractivity contribution in [3.05, 3.63) is 77.0 Å². The van der Waals surface area contributed by atoms with Crippen LogP contribution in [0.15, 0.2) is 59.0 Å². The molecule has 1 N–H and O–H groups in total. The normalized spacial score (nSPS) is 12.4. The Kier molecular flexibility index (Phi) is 6.44. The van der Waals surface area contributed by atoms with Crippen molar-refractivity contribution in [2.24, 2.45) is 0 Å². The van der Waals surface area contributed by atoms with E-state index in [1.165, 1.54) is 12.1 Å². The third-order valence-corrected chi connectivity index (χ3v) is 5.49. The van der Waals surface area contributed by atoms with Crippen molar-refractivity contribution in [1.29, 1.82) is 0 Å². The fourth-order valence-electron chi connectivity index (χ4n) is 3.30. The van der Waals surface area contributed by atoms with Gasteiger partial charge in [0.15, 0.2) is 0 Å². The van der Waals surface area contributed by atoms with Gasteiger partial charge in [-0.2, -0.15) is 5.10 Å². The summed E-state index contributed by atoms with van der Waals surface area (Å²) < 4.78 is 19.0. The van der Waals surface area contributed by atoms with Gasteiger partial charge in [0.2, 0.25) is 11.8 Å². The Morgan fingerprint density at radius 1 is 1.10 bits per heavy atom. The third-order valence-electron chi connectivity index (χ3n) is 5.26. The molecule has 8 heteroatoms. The van der Waals surface area contributed by atoms with Crippen LogP contribution in [0, 0.1) is 5.82 Å². The zero-order valence-corrected chi connectivity index (χ0v) is 18.1. The van der Waals surface area contributed by atoms with Gasteiger partial charge in [0.1, 0.15) is 5.82 Å². The number of hydrogen-bond donors (Lipinski definition) is 1. The van der Waals surface area contributed by atoms with Gasteiger partial charge >= 0.3 is 0 Å².